The van der Waals surface area contributed by atoms with Crippen molar-refractivity contribution in [1.82, 2.24) is 0 Å². The molecule has 0 saturated carbocycles. The van der Waals surface area contributed by atoms with E-state index < -0.39 is 82.9 Å². The summed E-state index contributed by atoms with van der Waals surface area (Å²) in [6, 6.07) is 0. The molecule has 214 valence electrons. The first-order valence-corrected chi connectivity index (χ1v) is 17.0. The van der Waals surface area contributed by atoms with Gasteiger partial charge in [0.1, 0.15) is 12.2 Å². The molecular formula is C6H16O24P6. The SMILES string of the molecule is O=P(O)(O)OC1=C(OP(=O)(O)O)[C@@H](OP(=O)(O)O)[C@@H](OP(=O)(O)O)[C@@H](OP(=O)(O)O)C1OP(=O)(O)O. The van der Waals surface area contributed by atoms with Gasteiger partial charge in [-0.1, -0.05) is 0 Å². The van der Waals surface area contributed by atoms with Crippen LogP contribution in [0.3, 0.4) is 0 Å². The van der Waals surface area contributed by atoms with Crippen LogP contribution in [0, 0.1) is 0 Å². The first-order chi connectivity index (χ1) is 15.6. The van der Waals surface area contributed by atoms with E-state index in [0.29, 0.717) is 0 Å². The highest BCUT2D eigenvalue weighted by Crippen LogP contribution is 2.58. The third-order valence-corrected chi connectivity index (χ3v) is 6.04. The van der Waals surface area contributed by atoms with Crippen molar-refractivity contribution in [3.8, 4) is 0 Å². The third kappa shape index (κ3) is 12.8. The van der Waals surface area contributed by atoms with Gasteiger partial charge < -0.3 is 48.2 Å². The van der Waals surface area contributed by atoms with Crippen LogP contribution in [0.1, 0.15) is 0 Å². The zero-order chi connectivity index (χ0) is 28.7. The van der Waals surface area contributed by atoms with E-state index in [-0.39, 0.29) is 0 Å². The summed E-state index contributed by atoms with van der Waals surface area (Å²) >= 11 is 0. The molecule has 36 heavy (non-hydrogen) atoms. The average molecular weight is 658 g/mol. The maximum atomic E-state index is 11.4. The summed E-state index contributed by atoms with van der Waals surface area (Å²) in [7, 11) is -36.3. The van der Waals surface area contributed by atoms with Gasteiger partial charge >= 0.3 is 46.9 Å². The smallest absolute Gasteiger partial charge is 0.402 e. The summed E-state index contributed by atoms with van der Waals surface area (Å²) in [5, 5.41) is 0. The minimum absolute atomic E-state index is 2.09. The van der Waals surface area contributed by atoms with Crippen LogP contribution < -0.4 is 0 Å². The summed E-state index contributed by atoms with van der Waals surface area (Å²) in [6.07, 6.45) is -12.9. The summed E-state index contributed by atoms with van der Waals surface area (Å²) in [5.74, 6) is -4.17. The van der Waals surface area contributed by atoms with Gasteiger partial charge in [-0.3, -0.25) is 37.7 Å². The Morgan fingerprint density at radius 1 is 0.389 bits per heavy atom. The second-order valence-corrected chi connectivity index (χ2v) is 13.1. The normalized spacial score (nSPS) is 25.1. The van der Waals surface area contributed by atoms with Crippen molar-refractivity contribution in [2.75, 3.05) is 0 Å². The number of hydrogen-bond donors (Lipinski definition) is 12. The highest BCUT2D eigenvalue weighted by molar-refractivity contribution is 7.47. The summed E-state index contributed by atoms with van der Waals surface area (Å²) in [6.45, 7) is 0. The maximum Gasteiger partial charge on any atom is 0.524 e. The van der Waals surface area contributed by atoms with Gasteiger partial charge in [-0.15, -0.1) is 0 Å². The molecule has 1 unspecified atom stereocenters. The Bertz CT molecular complexity index is 1030. The molecule has 12 N–H and O–H groups in total. The summed E-state index contributed by atoms with van der Waals surface area (Å²) < 4.78 is 92.6. The molecule has 0 bridgehead atoms. The van der Waals surface area contributed by atoms with E-state index in [0.717, 1.165) is 0 Å². The fourth-order valence-electron chi connectivity index (χ4n) is 2.43. The minimum Gasteiger partial charge on any atom is -0.402 e. The predicted molar refractivity (Wildman–Crippen MR) is 101 cm³/mol. The molecule has 0 aromatic heterocycles. The van der Waals surface area contributed by atoms with E-state index in [1.54, 1.807) is 0 Å². The van der Waals surface area contributed by atoms with Crippen LogP contribution in [-0.4, -0.2) is 83.1 Å². The second kappa shape index (κ2) is 11.3. The summed E-state index contributed by atoms with van der Waals surface area (Å²) in [4.78, 5) is 109. The monoisotopic (exact) mass is 658 g/mol. The predicted octanol–water partition coefficient (Wildman–Crippen LogP) is -2.66. The molecule has 24 nitrogen and oxygen atoms in total. The van der Waals surface area contributed by atoms with Crippen LogP contribution in [0.15, 0.2) is 11.5 Å². The number of hydrogen-bond acceptors (Lipinski definition) is 12. The molecule has 0 fully saturated rings. The Morgan fingerprint density at radius 3 is 0.778 bits per heavy atom. The number of rotatable bonds is 12. The van der Waals surface area contributed by atoms with E-state index >= 15 is 0 Å². The molecule has 0 aliphatic heterocycles. The third-order valence-electron chi connectivity index (χ3n) is 3.13. The van der Waals surface area contributed by atoms with Gasteiger partial charge in [0.2, 0.25) is 0 Å². The lowest BCUT2D eigenvalue weighted by molar-refractivity contribution is -0.107. The van der Waals surface area contributed by atoms with Crippen molar-refractivity contribution in [3.63, 3.8) is 0 Å². The van der Waals surface area contributed by atoms with Crippen molar-refractivity contribution in [1.29, 1.82) is 0 Å². The Balaban J connectivity index is 4.21. The Hall–Kier alpha value is 0.0800. The summed E-state index contributed by atoms with van der Waals surface area (Å²) in [5.41, 5.74) is 0. The Kier molecular flexibility index (Phi) is 10.7. The first-order valence-electron chi connectivity index (χ1n) is 7.77. The van der Waals surface area contributed by atoms with Crippen LogP contribution in [0.5, 0.6) is 0 Å². The van der Waals surface area contributed by atoms with Crippen molar-refractivity contribution in [3.05, 3.63) is 11.5 Å². The van der Waals surface area contributed by atoms with Crippen LogP contribution in [0.25, 0.3) is 0 Å². The quantitative estimate of drug-likeness (QED) is 0.0952. The highest BCUT2D eigenvalue weighted by Gasteiger charge is 2.58. The zero-order valence-corrected chi connectivity index (χ0v) is 21.6. The van der Waals surface area contributed by atoms with E-state index in [4.69, 9.17) is 58.7 Å². The maximum absolute atomic E-state index is 11.4. The molecule has 4 atom stereocenters. The standard InChI is InChI=1S/C6H16O24P6/c7-31(8,9)25-1-2(26-32(10,11)12)4(28-34(16,17)18)6(30-36(22,23)24)5(29-35(19,20)21)3(1)27-33(13,14)15/h1-4H,(H2,7,8,9)(H2,10,11,12)(H2,13,14,15)(H2,16,17,18)(H2,19,20,21)(H2,22,23,24)/t1-,2+,3-,4?/m0/s1. The molecule has 30 heteroatoms. The fourth-order valence-corrected chi connectivity index (χ4v) is 5.45. The molecule has 0 radical (unpaired) electrons. The number of phosphoric ester groups is 6. The van der Waals surface area contributed by atoms with Crippen molar-refractivity contribution in [2.45, 2.75) is 24.4 Å². The number of phosphoric acid groups is 6. The first kappa shape index (κ1) is 34.1. The molecule has 1 rings (SSSR count). The van der Waals surface area contributed by atoms with E-state index in [1.807, 2.05) is 0 Å². The molecule has 1 aliphatic rings. The van der Waals surface area contributed by atoms with Crippen LogP contribution in [-0.2, 0) is 54.5 Å². The van der Waals surface area contributed by atoms with Crippen molar-refractivity contribution >= 4 is 46.9 Å². The van der Waals surface area contributed by atoms with Crippen LogP contribution >= 0.6 is 46.9 Å². The minimum atomic E-state index is -6.07. The van der Waals surface area contributed by atoms with Crippen LogP contribution in [0.4, 0.5) is 0 Å². The lowest BCUT2D eigenvalue weighted by Crippen LogP contribution is -2.54. The van der Waals surface area contributed by atoms with Gasteiger partial charge in [0.05, 0.1) is 0 Å². The van der Waals surface area contributed by atoms with E-state index in [2.05, 4.69) is 27.1 Å². The van der Waals surface area contributed by atoms with Crippen molar-refractivity contribution < 1.29 is 113 Å². The molecule has 0 aromatic rings. The van der Waals surface area contributed by atoms with Gasteiger partial charge in [-0.2, -0.15) is 0 Å². The topological polar surface area (TPSA) is 401 Å². The Labute approximate surface area is 196 Å². The lowest BCUT2D eigenvalue weighted by atomic mass is 9.93. The van der Waals surface area contributed by atoms with Gasteiger partial charge in [-0.05, 0) is 0 Å². The fraction of sp³-hybridized carbons (Fsp3) is 0.667. The highest BCUT2D eigenvalue weighted by atomic mass is 31.2. The molecule has 0 spiro atoms. The molecular weight excluding hydrogens is 642 g/mol. The molecule has 0 heterocycles. The molecule has 0 amide bonds. The van der Waals surface area contributed by atoms with Gasteiger partial charge in [-0.25, -0.2) is 27.4 Å². The van der Waals surface area contributed by atoms with Crippen molar-refractivity contribution in [2.24, 2.45) is 0 Å². The van der Waals surface area contributed by atoms with E-state index in [9.17, 15) is 27.4 Å². The van der Waals surface area contributed by atoms with Gasteiger partial charge in [0.25, 0.3) is 0 Å². The van der Waals surface area contributed by atoms with Gasteiger partial charge in [0.15, 0.2) is 23.7 Å². The van der Waals surface area contributed by atoms with Gasteiger partial charge in [0, 0.05) is 0 Å². The Morgan fingerprint density at radius 2 is 0.611 bits per heavy atom. The molecule has 0 aromatic carbocycles. The molecule has 0 saturated heterocycles. The lowest BCUT2D eigenvalue weighted by Gasteiger charge is -2.42. The molecule has 1 aliphatic carbocycles. The largest absolute Gasteiger partial charge is 0.524 e. The van der Waals surface area contributed by atoms with Crippen LogP contribution in [0.2, 0.25) is 0 Å². The second-order valence-electron chi connectivity index (χ2n) is 6.05. The van der Waals surface area contributed by atoms with E-state index in [1.165, 1.54) is 0 Å². The average Bonchev–Trinajstić information content (AvgIpc) is 2.51. The zero-order valence-electron chi connectivity index (χ0n) is 16.3.